The van der Waals surface area contributed by atoms with E-state index in [1.807, 2.05) is 24.3 Å². The van der Waals surface area contributed by atoms with Crippen LogP contribution in [0, 0.1) is 0 Å². The lowest BCUT2D eigenvalue weighted by Gasteiger charge is -2.15. The van der Waals surface area contributed by atoms with Gasteiger partial charge < -0.3 is 14.9 Å². The summed E-state index contributed by atoms with van der Waals surface area (Å²) in [4.78, 5) is 0. The molecule has 88 valence electrons. The topological polar surface area (TPSA) is 49.7 Å². The minimum atomic E-state index is -0.295. The summed E-state index contributed by atoms with van der Waals surface area (Å²) in [6.07, 6.45) is 2.56. The monoisotopic (exact) mass is 222 g/mol. The standard InChI is InChI=1S/C13H18O3/c14-8-10-4-6-11(7-5-10)9-16-13-3-1-2-12(13)15/h4-7,12-15H,1-3,8-9H2/t12-,13-/m1/s1. The summed E-state index contributed by atoms with van der Waals surface area (Å²) in [5.41, 5.74) is 1.99. The van der Waals surface area contributed by atoms with E-state index in [1.165, 1.54) is 0 Å². The van der Waals surface area contributed by atoms with E-state index in [9.17, 15) is 5.11 Å². The second kappa shape index (κ2) is 5.43. The van der Waals surface area contributed by atoms with Gasteiger partial charge >= 0.3 is 0 Å². The van der Waals surface area contributed by atoms with Crippen LogP contribution in [0.25, 0.3) is 0 Å². The number of rotatable bonds is 4. The Balaban J connectivity index is 1.84. The van der Waals surface area contributed by atoms with Crippen molar-refractivity contribution in [2.75, 3.05) is 0 Å². The number of ether oxygens (including phenoxy) is 1. The molecule has 3 nitrogen and oxygen atoms in total. The van der Waals surface area contributed by atoms with E-state index in [1.54, 1.807) is 0 Å². The first-order valence-electron chi connectivity index (χ1n) is 5.78. The third-order valence-corrected chi connectivity index (χ3v) is 3.09. The molecule has 16 heavy (non-hydrogen) atoms. The summed E-state index contributed by atoms with van der Waals surface area (Å²) in [5.74, 6) is 0. The molecule has 0 aliphatic heterocycles. The molecule has 1 aromatic rings. The fourth-order valence-corrected chi connectivity index (χ4v) is 2.05. The van der Waals surface area contributed by atoms with Crippen molar-refractivity contribution in [3.05, 3.63) is 35.4 Å². The number of hydrogen-bond acceptors (Lipinski definition) is 3. The highest BCUT2D eigenvalue weighted by Gasteiger charge is 2.25. The predicted molar refractivity (Wildman–Crippen MR) is 60.8 cm³/mol. The molecule has 0 amide bonds. The molecule has 2 N–H and O–H groups in total. The number of benzene rings is 1. The highest BCUT2D eigenvalue weighted by molar-refractivity contribution is 5.21. The molecule has 2 atom stereocenters. The molecule has 1 fully saturated rings. The van der Waals surface area contributed by atoms with Gasteiger partial charge in [0.2, 0.25) is 0 Å². The molecule has 0 aromatic heterocycles. The molecular formula is C13H18O3. The van der Waals surface area contributed by atoms with Crippen LogP contribution in [0.1, 0.15) is 30.4 Å². The maximum atomic E-state index is 9.59. The Bertz CT molecular complexity index is 320. The third-order valence-electron chi connectivity index (χ3n) is 3.09. The molecule has 0 radical (unpaired) electrons. The summed E-state index contributed by atoms with van der Waals surface area (Å²) >= 11 is 0. The summed E-state index contributed by atoms with van der Waals surface area (Å²) < 4.78 is 5.66. The Morgan fingerprint density at radius 1 is 1.12 bits per heavy atom. The lowest BCUT2D eigenvalue weighted by Crippen LogP contribution is -2.22. The van der Waals surface area contributed by atoms with Crippen LogP contribution in [0.5, 0.6) is 0 Å². The van der Waals surface area contributed by atoms with Crippen LogP contribution < -0.4 is 0 Å². The lowest BCUT2D eigenvalue weighted by molar-refractivity contribution is -0.0273. The van der Waals surface area contributed by atoms with E-state index in [2.05, 4.69) is 0 Å². The van der Waals surface area contributed by atoms with Gasteiger partial charge in [-0.1, -0.05) is 24.3 Å². The Labute approximate surface area is 95.7 Å². The fourth-order valence-electron chi connectivity index (χ4n) is 2.05. The highest BCUT2D eigenvalue weighted by atomic mass is 16.5. The molecule has 0 heterocycles. The Hall–Kier alpha value is -0.900. The van der Waals surface area contributed by atoms with Crippen LogP contribution in [0.3, 0.4) is 0 Å². The van der Waals surface area contributed by atoms with Gasteiger partial charge in [0, 0.05) is 0 Å². The molecule has 1 aromatic carbocycles. The van der Waals surface area contributed by atoms with Crippen molar-refractivity contribution in [2.45, 2.75) is 44.7 Å². The maximum Gasteiger partial charge on any atom is 0.0838 e. The summed E-state index contributed by atoms with van der Waals surface area (Å²) in [6, 6.07) is 7.69. The highest BCUT2D eigenvalue weighted by Crippen LogP contribution is 2.22. The van der Waals surface area contributed by atoms with Crippen LogP contribution in [0.4, 0.5) is 0 Å². The third kappa shape index (κ3) is 2.82. The minimum Gasteiger partial charge on any atom is -0.392 e. The van der Waals surface area contributed by atoms with Gasteiger partial charge in [-0.05, 0) is 30.4 Å². The normalized spacial score (nSPS) is 24.9. The second-order valence-electron chi connectivity index (χ2n) is 4.32. The van der Waals surface area contributed by atoms with Gasteiger partial charge in [-0.25, -0.2) is 0 Å². The Morgan fingerprint density at radius 2 is 1.81 bits per heavy atom. The van der Waals surface area contributed by atoms with E-state index < -0.39 is 0 Å². The molecule has 0 saturated heterocycles. The molecule has 1 aliphatic rings. The van der Waals surface area contributed by atoms with E-state index in [4.69, 9.17) is 9.84 Å². The summed E-state index contributed by atoms with van der Waals surface area (Å²) in [7, 11) is 0. The first-order valence-corrected chi connectivity index (χ1v) is 5.78. The molecule has 0 unspecified atom stereocenters. The largest absolute Gasteiger partial charge is 0.392 e. The van der Waals surface area contributed by atoms with Gasteiger partial charge in [-0.3, -0.25) is 0 Å². The van der Waals surface area contributed by atoms with Gasteiger partial charge in [0.05, 0.1) is 25.4 Å². The van der Waals surface area contributed by atoms with Crippen LogP contribution in [0.2, 0.25) is 0 Å². The van der Waals surface area contributed by atoms with Crippen molar-refractivity contribution in [3.8, 4) is 0 Å². The van der Waals surface area contributed by atoms with Crippen molar-refractivity contribution in [1.29, 1.82) is 0 Å². The molecule has 2 rings (SSSR count). The maximum absolute atomic E-state index is 9.59. The molecule has 1 saturated carbocycles. The van der Waals surface area contributed by atoms with Gasteiger partial charge in [-0.15, -0.1) is 0 Å². The van der Waals surface area contributed by atoms with Crippen molar-refractivity contribution in [3.63, 3.8) is 0 Å². The smallest absolute Gasteiger partial charge is 0.0838 e. The van der Waals surface area contributed by atoms with Crippen LogP contribution in [0.15, 0.2) is 24.3 Å². The SMILES string of the molecule is OCc1ccc(CO[C@@H]2CCC[C@H]2O)cc1. The molecule has 1 aliphatic carbocycles. The number of hydrogen-bond donors (Lipinski definition) is 2. The molecule has 0 spiro atoms. The van der Waals surface area contributed by atoms with Crippen LogP contribution in [-0.2, 0) is 18.0 Å². The second-order valence-corrected chi connectivity index (χ2v) is 4.32. The number of aliphatic hydroxyl groups excluding tert-OH is 2. The average molecular weight is 222 g/mol. The minimum absolute atomic E-state index is 0.00230. The van der Waals surface area contributed by atoms with Crippen molar-refractivity contribution < 1.29 is 14.9 Å². The van der Waals surface area contributed by atoms with Crippen LogP contribution in [-0.4, -0.2) is 22.4 Å². The van der Waals surface area contributed by atoms with Crippen molar-refractivity contribution >= 4 is 0 Å². The van der Waals surface area contributed by atoms with E-state index in [0.29, 0.717) is 6.61 Å². The van der Waals surface area contributed by atoms with E-state index in [0.717, 1.165) is 30.4 Å². The van der Waals surface area contributed by atoms with E-state index in [-0.39, 0.29) is 18.8 Å². The summed E-state index contributed by atoms with van der Waals surface area (Å²) in [5, 5.41) is 18.5. The molecule has 3 heteroatoms. The van der Waals surface area contributed by atoms with Crippen molar-refractivity contribution in [1.82, 2.24) is 0 Å². The van der Waals surface area contributed by atoms with Gasteiger partial charge in [0.1, 0.15) is 0 Å². The first-order chi connectivity index (χ1) is 7.79. The van der Waals surface area contributed by atoms with Crippen molar-refractivity contribution in [2.24, 2.45) is 0 Å². The van der Waals surface area contributed by atoms with Gasteiger partial charge in [0.25, 0.3) is 0 Å². The quantitative estimate of drug-likeness (QED) is 0.813. The summed E-state index contributed by atoms with van der Waals surface area (Å²) in [6.45, 7) is 0.607. The Morgan fingerprint density at radius 3 is 2.38 bits per heavy atom. The zero-order valence-corrected chi connectivity index (χ0v) is 9.30. The van der Waals surface area contributed by atoms with Crippen LogP contribution >= 0.6 is 0 Å². The fraction of sp³-hybridized carbons (Fsp3) is 0.538. The first kappa shape index (κ1) is 11.6. The van der Waals surface area contributed by atoms with Gasteiger partial charge in [0.15, 0.2) is 0 Å². The average Bonchev–Trinajstić information content (AvgIpc) is 2.73. The lowest BCUT2D eigenvalue weighted by atomic mass is 10.1. The zero-order chi connectivity index (χ0) is 11.4. The predicted octanol–water partition coefficient (Wildman–Crippen LogP) is 1.61. The van der Waals surface area contributed by atoms with E-state index >= 15 is 0 Å². The van der Waals surface area contributed by atoms with Gasteiger partial charge in [-0.2, -0.15) is 0 Å². The number of aliphatic hydroxyl groups is 2. The molecular weight excluding hydrogens is 204 g/mol. The zero-order valence-electron chi connectivity index (χ0n) is 9.30. The molecule has 0 bridgehead atoms. The Kier molecular flexibility index (Phi) is 3.93.